The van der Waals surface area contributed by atoms with Gasteiger partial charge < -0.3 is 0 Å². The molecule has 0 spiro atoms. The SMILES string of the molecule is NS(=O)(=O)c1c(C(F)(F)F)ccc(-c2cccc3ncccc23)c1-c1nn[nH]n1. The first-order valence-electron chi connectivity index (χ1n) is 8.03. The van der Waals surface area contributed by atoms with Crippen molar-refractivity contribution < 1.29 is 21.6 Å². The number of aromatic amines is 1. The number of nitrogens with two attached hydrogens (primary N) is 1. The van der Waals surface area contributed by atoms with Gasteiger partial charge in [0, 0.05) is 11.6 Å². The third-order valence-corrected chi connectivity index (χ3v) is 5.25. The molecule has 4 rings (SSSR count). The number of benzene rings is 2. The topological polar surface area (TPSA) is 128 Å². The van der Waals surface area contributed by atoms with Gasteiger partial charge in [0.05, 0.1) is 16.6 Å². The van der Waals surface area contributed by atoms with Crippen LogP contribution < -0.4 is 5.14 Å². The number of halogens is 3. The number of fused-ring (bicyclic) bond motifs is 1. The van der Waals surface area contributed by atoms with Gasteiger partial charge in [-0.3, -0.25) is 4.98 Å². The Labute approximate surface area is 161 Å². The molecule has 0 atom stereocenters. The van der Waals surface area contributed by atoms with Crippen LogP contribution in [-0.4, -0.2) is 34.0 Å². The van der Waals surface area contributed by atoms with E-state index in [0.29, 0.717) is 22.5 Å². The summed E-state index contributed by atoms with van der Waals surface area (Å²) in [6, 6.07) is 10.2. The average Bonchev–Trinajstić information content (AvgIpc) is 3.19. The van der Waals surface area contributed by atoms with Crippen LogP contribution in [0.4, 0.5) is 13.2 Å². The molecule has 2 aromatic heterocycles. The largest absolute Gasteiger partial charge is 0.417 e. The van der Waals surface area contributed by atoms with E-state index in [-0.39, 0.29) is 11.4 Å². The maximum Gasteiger partial charge on any atom is 0.417 e. The van der Waals surface area contributed by atoms with Crippen LogP contribution >= 0.6 is 0 Å². The van der Waals surface area contributed by atoms with E-state index < -0.39 is 32.2 Å². The first kappa shape index (κ1) is 19.0. The summed E-state index contributed by atoms with van der Waals surface area (Å²) in [5, 5.41) is 18.7. The molecule has 0 aliphatic carbocycles. The molecule has 3 N–H and O–H groups in total. The predicted molar refractivity (Wildman–Crippen MR) is 96.7 cm³/mol. The van der Waals surface area contributed by atoms with E-state index in [1.807, 2.05) is 0 Å². The van der Waals surface area contributed by atoms with Gasteiger partial charge in [0.15, 0.2) is 0 Å². The lowest BCUT2D eigenvalue weighted by atomic mass is 9.94. The van der Waals surface area contributed by atoms with E-state index in [2.05, 4.69) is 25.6 Å². The van der Waals surface area contributed by atoms with Crippen LogP contribution in [0.25, 0.3) is 33.4 Å². The maximum absolute atomic E-state index is 13.6. The van der Waals surface area contributed by atoms with E-state index in [9.17, 15) is 21.6 Å². The van der Waals surface area contributed by atoms with Crippen LogP contribution in [0.5, 0.6) is 0 Å². The quantitative estimate of drug-likeness (QED) is 0.525. The van der Waals surface area contributed by atoms with E-state index in [4.69, 9.17) is 5.14 Å². The van der Waals surface area contributed by atoms with Crippen molar-refractivity contribution in [2.75, 3.05) is 0 Å². The molecule has 0 radical (unpaired) electrons. The van der Waals surface area contributed by atoms with Gasteiger partial charge in [-0.05, 0) is 34.5 Å². The number of H-pyrrole nitrogens is 1. The molecule has 0 aliphatic rings. The molecule has 8 nitrogen and oxygen atoms in total. The van der Waals surface area contributed by atoms with Gasteiger partial charge in [-0.25, -0.2) is 13.6 Å². The molecule has 148 valence electrons. The Bertz CT molecular complexity index is 1320. The standard InChI is InChI=1S/C17H11F3N6O2S/c18-17(19,20)12-7-6-11(9-3-1-5-13-10(9)4-2-8-22-13)14(15(12)29(21,27)28)16-23-25-26-24-16/h1-8H,(H2,21,27,28)(H,23,24,25,26). The lowest BCUT2D eigenvalue weighted by Gasteiger charge is -2.18. The smallest absolute Gasteiger partial charge is 0.256 e. The minimum atomic E-state index is -4.97. The van der Waals surface area contributed by atoms with Gasteiger partial charge in [0.2, 0.25) is 15.8 Å². The Morgan fingerprint density at radius 1 is 1.00 bits per heavy atom. The van der Waals surface area contributed by atoms with Crippen molar-refractivity contribution in [3.05, 3.63) is 54.2 Å². The van der Waals surface area contributed by atoms with Crippen molar-refractivity contribution in [2.24, 2.45) is 5.14 Å². The van der Waals surface area contributed by atoms with Crippen LogP contribution in [-0.2, 0) is 16.2 Å². The minimum absolute atomic E-state index is 0.141. The van der Waals surface area contributed by atoms with Gasteiger partial charge in [-0.2, -0.15) is 18.4 Å². The van der Waals surface area contributed by atoms with Crippen LogP contribution in [0.15, 0.2) is 53.6 Å². The normalized spacial score (nSPS) is 12.4. The Balaban J connectivity index is 2.19. The third kappa shape index (κ3) is 3.32. The zero-order valence-corrected chi connectivity index (χ0v) is 15.2. The lowest BCUT2D eigenvalue weighted by Crippen LogP contribution is -2.21. The highest BCUT2D eigenvalue weighted by molar-refractivity contribution is 7.89. The number of alkyl halides is 3. The Morgan fingerprint density at radius 2 is 1.79 bits per heavy atom. The fourth-order valence-electron chi connectivity index (χ4n) is 3.15. The van der Waals surface area contributed by atoms with Crippen molar-refractivity contribution in [3.63, 3.8) is 0 Å². The van der Waals surface area contributed by atoms with E-state index in [1.165, 1.54) is 0 Å². The van der Waals surface area contributed by atoms with Crippen LogP contribution in [0.1, 0.15) is 5.56 Å². The van der Waals surface area contributed by atoms with Gasteiger partial charge in [-0.15, -0.1) is 10.2 Å². The zero-order chi connectivity index (χ0) is 20.8. The van der Waals surface area contributed by atoms with Gasteiger partial charge in [0.25, 0.3) is 0 Å². The molecular formula is C17H11F3N6O2S. The van der Waals surface area contributed by atoms with E-state index in [1.54, 1.807) is 36.5 Å². The Hall–Kier alpha value is -3.38. The fraction of sp³-hybridized carbons (Fsp3) is 0.0588. The summed E-state index contributed by atoms with van der Waals surface area (Å²) < 4.78 is 65.3. The molecule has 0 bridgehead atoms. The molecule has 2 heterocycles. The molecule has 0 saturated carbocycles. The van der Waals surface area contributed by atoms with E-state index in [0.717, 1.165) is 6.07 Å². The van der Waals surface area contributed by atoms with Crippen molar-refractivity contribution in [1.29, 1.82) is 0 Å². The summed E-state index contributed by atoms with van der Waals surface area (Å²) in [6.07, 6.45) is -3.41. The zero-order valence-electron chi connectivity index (χ0n) is 14.3. The maximum atomic E-state index is 13.6. The highest BCUT2D eigenvalue weighted by atomic mass is 32.2. The average molecular weight is 420 g/mol. The number of nitrogens with one attached hydrogen (secondary N) is 1. The summed E-state index contributed by atoms with van der Waals surface area (Å²) in [4.78, 5) is 3.09. The second-order valence-corrected chi connectivity index (χ2v) is 7.52. The molecule has 29 heavy (non-hydrogen) atoms. The molecule has 0 amide bonds. The molecule has 0 aliphatic heterocycles. The summed E-state index contributed by atoms with van der Waals surface area (Å²) in [5.41, 5.74) is -0.661. The third-order valence-electron chi connectivity index (χ3n) is 4.25. The lowest BCUT2D eigenvalue weighted by molar-refractivity contribution is -0.139. The molecule has 0 saturated heterocycles. The number of hydrogen-bond acceptors (Lipinski definition) is 6. The highest BCUT2D eigenvalue weighted by Crippen LogP contribution is 2.43. The monoisotopic (exact) mass is 420 g/mol. The van der Waals surface area contributed by atoms with Gasteiger partial charge in [-0.1, -0.05) is 24.3 Å². The number of sulfonamides is 1. The fourth-order valence-corrected chi connectivity index (χ4v) is 4.13. The first-order chi connectivity index (χ1) is 13.7. The number of primary sulfonamides is 1. The number of rotatable bonds is 3. The molecule has 2 aromatic carbocycles. The second kappa shape index (κ2) is 6.60. The molecule has 12 heteroatoms. The number of tetrazole rings is 1. The van der Waals surface area contributed by atoms with Crippen LogP contribution in [0.3, 0.4) is 0 Å². The number of pyridine rings is 1. The Kier molecular flexibility index (Phi) is 4.31. The second-order valence-electron chi connectivity index (χ2n) is 6.02. The van der Waals surface area contributed by atoms with Gasteiger partial charge in [0.1, 0.15) is 4.90 Å². The molecule has 0 unspecified atom stereocenters. The van der Waals surface area contributed by atoms with Crippen molar-refractivity contribution in [2.45, 2.75) is 11.1 Å². The number of hydrogen-bond donors (Lipinski definition) is 2. The molecular weight excluding hydrogens is 409 g/mol. The van der Waals surface area contributed by atoms with Crippen molar-refractivity contribution in [1.82, 2.24) is 25.6 Å². The summed E-state index contributed by atoms with van der Waals surface area (Å²) in [7, 11) is -4.81. The highest BCUT2D eigenvalue weighted by Gasteiger charge is 2.40. The molecule has 4 aromatic rings. The first-order valence-corrected chi connectivity index (χ1v) is 9.57. The Morgan fingerprint density at radius 3 is 2.45 bits per heavy atom. The number of aromatic nitrogens is 5. The van der Waals surface area contributed by atoms with Crippen LogP contribution in [0, 0.1) is 0 Å². The summed E-state index contributed by atoms with van der Waals surface area (Å²) in [6.45, 7) is 0. The van der Waals surface area contributed by atoms with Crippen LogP contribution in [0.2, 0.25) is 0 Å². The van der Waals surface area contributed by atoms with Crippen molar-refractivity contribution in [3.8, 4) is 22.5 Å². The molecule has 0 fully saturated rings. The predicted octanol–water partition coefficient (Wildman–Crippen LogP) is 2.75. The minimum Gasteiger partial charge on any atom is -0.256 e. The summed E-state index contributed by atoms with van der Waals surface area (Å²) in [5.74, 6) is -0.337. The van der Waals surface area contributed by atoms with E-state index >= 15 is 0 Å². The summed E-state index contributed by atoms with van der Waals surface area (Å²) >= 11 is 0. The number of nitrogens with zero attached hydrogens (tertiary/aromatic N) is 4. The van der Waals surface area contributed by atoms with Gasteiger partial charge >= 0.3 is 6.18 Å². The van der Waals surface area contributed by atoms with Crippen molar-refractivity contribution >= 4 is 20.9 Å².